The summed E-state index contributed by atoms with van der Waals surface area (Å²) in [7, 11) is 0. The monoisotopic (exact) mass is 392 g/mol. The molecular weight excluding hydrogens is 376 g/mol. The van der Waals surface area contributed by atoms with Gasteiger partial charge >= 0.3 is 0 Å². The lowest BCUT2D eigenvalue weighted by Gasteiger charge is -2.15. The van der Waals surface area contributed by atoms with Crippen molar-refractivity contribution in [1.29, 1.82) is 0 Å². The molecule has 0 spiro atoms. The molecule has 10 heteroatoms. The molecule has 4 rings (SSSR count). The SMILES string of the molecule is CC(C)c1noc(-c2cn([C@H]3CCN(C(=O)c4ccc(Cl)s4)C3)nn2)n1. The molecule has 26 heavy (non-hydrogen) atoms. The summed E-state index contributed by atoms with van der Waals surface area (Å²) < 4.78 is 7.64. The van der Waals surface area contributed by atoms with Crippen LogP contribution in [0.2, 0.25) is 4.34 Å². The summed E-state index contributed by atoms with van der Waals surface area (Å²) >= 11 is 7.22. The van der Waals surface area contributed by atoms with Crippen LogP contribution in [0.1, 0.15) is 47.7 Å². The number of amides is 1. The molecule has 0 N–H and O–H groups in total. The van der Waals surface area contributed by atoms with E-state index in [9.17, 15) is 4.79 Å². The van der Waals surface area contributed by atoms with Crippen molar-refractivity contribution in [1.82, 2.24) is 30.0 Å². The van der Waals surface area contributed by atoms with Gasteiger partial charge in [-0.25, -0.2) is 4.68 Å². The first kappa shape index (κ1) is 17.2. The second-order valence-corrected chi connectivity index (χ2v) is 8.21. The predicted octanol–water partition coefficient (Wildman–Crippen LogP) is 3.25. The summed E-state index contributed by atoms with van der Waals surface area (Å²) in [5, 5.41) is 12.3. The smallest absolute Gasteiger partial charge is 0.280 e. The van der Waals surface area contributed by atoms with E-state index in [1.54, 1.807) is 23.0 Å². The van der Waals surface area contributed by atoms with Crippen LogP contribution in [0.25, 0.3) is 11.6 Å². The third-order valence-electron chi connectivity index (χ3n) is 4.30. The van der Waals surface area contributed by atoms with Gasteiger partial charge in [-0.05, 0) is 18.6 Å². The number of aromatic nitrogens is 5. The highest BCUT2D eigenvalue weighted by Crippen LogP contribution is 2.28. The summed E-state index contributed by atoms with van der Waals surface area (Å²) in [6.45, 7) is 5.25. The lowest BCUT2D eigenvalue weighted by Crippen LogP contribution is -2.28. The number of hydrogen-bond acceptors (Lipinski definition) is 7. The molecule has 8 nitrogen and oxygen atoms in total. The minimum atomic E-state index is 0.00298. The van der Waals surface area contributed by atoms with E-state index in [0.717, 1.165) is 6.42 Å². The fourth-order valence-electron chi connectivity index (χ4n) is 2.85. The Hall–Kier alpha value is -2.26. The molecule has 0 radical (unpaired) electrons. The van der Waals surface area contributed by atoms with E-state index in [1.165, 1.54) is 11.3 Å². The highest BCUT2D eigenvalue weighted by molar-refractivity contribution is 7.17. The van der Waals surface area contributed by atoms with Crippen molar-refractivity contribution in [3.8, 4) is 11.6 Å². The molecule has 1 saturated heterocycles. The predicted molar refractivity (Wildman–Crippen MR) is 96.3 cm³/mol. The van der Waals surface area contributed by atoms with Gasteiger partial charge in [-0.15, -0.1) is 16.4 Å². The van der Waals surface area contributed by atoms with Crippen LogP contribution in [0.3, 0.4) is 0 Å². The summed E-state index contributed by atoms with van der Waals surface area (Å²) in [6, 6.07) is 3.58. The molecule has 1 aliphatic rings. The molecule has 0 unspecified atom stereocenters. The fourth-order valence-corrected chi connectivity index (χ4v) is 3.86. The first-order valence-electron chi connectivity index (χ1n) is 8.31. The number of halogens is 1. The Balaban J connectivity index is 1.46. The van der Waals surface area contributed by atoms with E-state index in [2.05, 4.69) is 20.5 Å². The van der Waals surface area contributed by atoms with Crippen molar-refractivity contribution in [2.75, 3.05) is 13.1 Å². The van der Waals surface area contributed by atoms with Gasteiger partial charge in [0, 0.05) is 19.0 Å². The molecule has 0 bridgehead atoms. The van der Waals surface area contributed by atoms with Gasteiger partial charge in [0.15, 0.2) is 11.5 Å². The molecule has 3 aromatic heterocycles. The Kier molecular flexibility index (Phi) is 4.49. The third kappa shape index (κ3) is 3.24. The van der Waals surface area contributed by atoms with Crippen LogP contribution in [0.5, 0.6) is 0 Å². The van der Waals surface area contributed by atoms with Crippen molar-refractivity contribution < 1.29 is 9.32 Å². The largest absolute Gasteiger partial charge is 0.336 e. The summed E-state index contributed by atoms with van der Waals surface area (Å²) in [6.07, 6.45) is 2.60. The summed E-state index contributed by atoms with van der Waals surface area (Å²) in [4.78, 5) is 19.3. The van der Waals surface area contributed by atoms with Crippen LogP contribution < -0.4 is 0 Å². The van der Waals surface area contributed by atoms with Crippen molar-refractivity contribution in [3.05, 3.63) is 33.4 Å². The summed E-state index contributed by atoms with van der Waals surface area (Å²) in [5.74, 6) is 1.19. The van der Waals surface area contributed by atoms with Gasteiger partial charge in [-0.1, -0.05) is 35.8 Å². The van der Waals surface area contributed by atoms with Crippen LogP contribution in [-0.4, -0.2) is 49.0 Å². The number of carbonyl (C=O) groups excluding carboxylic acids is 1. The van der Waals surface area contributed by atoms with Crippen LogP contribution in [-0.2, 0) is 0 Å². The average molecular weight is 393 g/mol. The third-order valence-corrected chi connectivity index (χ3v) is 5.52. The zero-order chi connectivity index (χ0) is 18.3. The zero-order valence-corrected chi connectivity index (χ0v) is 15.9. The van der Waals surface area contributed by atoms with Gasteiger partial charge in [0.2, 0.25) is 0 Å². The number of hydrogen-bond donors (Lipinski definition) is 0. The minimum absolute atomic E-state index is 0.00298. The Morgan fingerprint density at radius 3 is 2.96 bits per heavy atom. The Morgan fingerprint density at radius 1 is 1.42 bits per heavy atom. The van der Waals surface area contributed by atoms with E-state index in [0.29, 0.717) is 39.7 Å². The number of thiophene rings is 1. The quantitative estimate of drug-likeness (QED) is 0.676. The molecule has 0 aliphatic carbocycles. The second-order valence-electron chi connectivity index (χ2n) is 6.49. The van der Waals surface area contributed by atoms with E-state index in [-0.39, 0.29) is 17.9 Å². The van der Waals surface area contributed by atoms with Crippen molar-refractivity contribution in [3.63, 3.8) is 0 Å². The van der Waals surface area contributed by atoms with Gasteiger partial charge < -0.3 is 9.42 Å². The molecule has 0 aromatic carbocycles. The van der Waals surface area contributed by atoms with Gasteiger partial charge in [-0.3, -0.25) is 4.79 Å². The maximum absolute atomic E-state index is 12.5. The van der Waals surface area contributed by atoms with E-state index >= 15 is 0 Å². The number of likely N-dealkylation sites (tertiary alicyclic amines) is 1. The van der Waals surface area contributed by atoms with Gasteiger partial charge in [0.25, 0.3) is 11.8 Å². The average Bonchev–Trinajstić information content (AvgIpc) is 3.37. The van der Waals surface area contributed by atoms with Crippen molar-refractivity contribution in [2.45, 2.75) is 32.2 Å². The fraction of sp³-hybridized carbons (Fsp3) is 0.438. The molecule has 4 heterocycles. The maximum atomic E-state index is 12.5. The number of rotatable bonds is 4. The standard InChI is InChI=1S/C16H17ClN6O2S/c1-9(2)14-18-15(25-20-14)11-8-23(21-19-11)10-5-6-22(7-10)16(24)12-3-4-13(17)26-12/h3-4,8-10H,5-7H2,1-2H3/t10-/m0/s1. The molecule has 1 fully saturated rings. The molecule has 3 aromatic rings. The molecule has 1 amide bonds. The van der Waals surface area contributed by atoms with Crippen LogP contribution in [0, 0.1) is 0 Å². The van der Waals surface area contributed by atoms with E-state index in [1.807, 2.05) is 18.7 Å². The normalized spacial score (nSPS) is 17.4. The zero-order valence-electron chi connectivity index (χ0n) is 14.3. The van der Waals surface area contributed by atoms with Gasteiger partial charge in [-0.2, -0.15) is 4.98 Å². The Bertz CT molecular complexity index is 933. The number of nitrogens with zero attached hydrogens (tertiary/aromatic N) is 6. The van der Waals surface area contributed by atoms with Crippen molar-refractivity contribution >= 4 is 28.8 Å². The van der Waals surface area contributed by atoms with Crippen LogP contribution >= 0.6 is 22.9 Å². The minimum Gasteiger partial charge on any atom is -0.336 e. The second kappa shape index (κ2) is 6.81. The Labute approximate surface area is 158 Å². The first-order chi connectivity index (χ1) is 12.5. The summed E-state index contributed by atoms with van der Waals surface area (Å²) in [5.41, 5.74) is 0.541. The first-order valence-corrected chi connectivity index (χ1v) is 9.51. The maximum Gasteiger partial charge on any atom is 0.280 e. The van der Waals surface area contributed by atoms with Crippen LogP contribution in [0.4, 0.5) is 0 Å². The lowest BCUT2D eigenvalue weighted by atomic mass is 10.2. The molecule has 0 saturated carbocycles. The number of carbonyl (C=O) groups is 1. The highest BCUT2D eigenvalue weighted by atomic mass is 35.5. The molecular formula is C16H17ClN6O2S. The van der Waals surface area contributed by atoms with Crippen molar-refractivity contribution in [2.24, 2.45) is 0 Å². The van der Waals surface area contributed by atoms with Gasteiger partial charge in [0.05, 0.1) is 21.5 Å². The van der Waals surface area contributed by atoms with E-state index < -0.39 is 0 Å². The molecule has 136 valence electrons. The van der Waals surface area contributed by atoms with Gasteiger partial charge in [0.1, 0.15) is 0 Å². The molecule has 1 atom stereocenters. The lowest BCUT2D eigenvalue weighted by molar-refractivity contribution is 0.0791. The topological polar surface area (TPSA) is 89.9 Å². The Morgan fingerprint density at radius 2 is 2.27 bits per heavy atom. The van der Waals surface area contributed by atoms with E-state index in [4.69, 9.17) is 16.1 Å². The molecule has 1 aliphatic heterocycles. The van der Waals surface area contributed by atoms with Crippen LogP contribution in [0.15, 0.2) is 22.9 Å². The highest BCUT2D eigenvalue weighted by Gasteiger charge is 2.30.